The molecule has 3 rings (SSSR count). The molecule has 1 saturated heterocycles. The Bertz CT molecular complexity index is 1060. The highest BCUT2D eigenvalue weighted by Gasteiger charge is 2.34. The molecule has 11 heteroatoms. The summed E-state index contributed by atoms with van der Waals surface area (Å²) in [6.07, 6.45) is 1.37. The molecule has 10 nitrogen and oxygen atoms in total. The van der Waals surface area contributed by atoms with Crippen LogP contribution in [0, 0.1) is 0 Å². The lowest BCUT2D eigenvalue weighted by atomic mass is 10.1. The van der Waals surface area contributed by atoms with Gasteiger partial charge in [-0.15, -0.1) is 0 Å². The lowest BCUT2D eigenvalue weighted by molar-refractivity contribution is -0.123. The maximum absolute atomic E-state index is 12.7. The number of imide groups is 1. The molecule has 0 spiro atoms. The number of carbonyl (C=O) groups is 4. The fraction of sp³-hybridized carbons (Fsp3) is 0.158. The van der Waals surface area contributed by atoms with Crippen LogP contribution >= 0.6 is 11.6 Å². The molecule has 1 aliphatic heterocycles. The van der Waals surface area contributed by atoms with Crippen LogP contribution in [0.5, 0.6) is 5.75 Å². The summed E-state index contributed by atoms with van der Waals surface area (Å²) in [4.78, 5) is 48.3. The average Bonchev–Trinajstić information content (AvgIpc) is 3.27. The molecule has 2 heterocycles. The van der Waals surface area contributed by atoms with Crippen molar-refractivity contribution in [2.24, 2.45) is 5.73 Å². The van der Waals surface area contributed by atoms with E-state index >= 15 is 0 Å². The number of rotatable bonds is 7. The summed E-state index contributed by atoms with van der Waals surface area (Å²) in [5.74, 6) is -1.57. The van der Waals surface area contributed by atoms with Gasteiger partial charge in [-0.2, -0.15) is 0 Å². The van der Waals surface area contributed by atoms with Gasteiger partial charge in [-0.1, -0.05) is 11.6 Å². The number of primary amides is 1. The van der Waals surface area contributed by atoms with Gasteiger partial charge < -0.3 is 24.9 Å². The van der Waals surface area contributed by atoms with E-state index in [4.69, 9.17) is 26.5 Å². The molecule has 0 saturated carbocycles. The topological polar surface area (TPSA) is 141 Å². The van der Waals surface area contributed by atoms with E-state index in [0.29, 0.717) is 10.6 Å². The second kappa shape index (κ2) is 8.70. The lowest BCUT2D eigenvalue weighted by Gasteiger charge is -2.10. The number of furan rings is 1. The molecule has 3 N–H and O–H groups in total. The van der Waals surface area contributed by atoms with Crippen molar-refractivity contribution in [3.63, 3.8) is 0 Å². The highest BCUT2D eigenvalue weighted by Crippen LogP contribution is 2.27. The SMILES string of the molecule is COC(=O)c1ccc(CN2C(=O)NC(=Cc3cc(Cl)ccc3OCC(N)=O)C2=O)o1. The van der Waals surface area contributed by atoms with Crippen LogP contribution in [0.15, 0.2) is 40.4 Å². The van der Waals surface area contributed by atoms with E-state index in [1.807, 2.05) is 0 Å². The lowest BCUT2D eigenvalue weighted by Crippen LogP contribution is -2.30. The number of hydrogen-bond donors (Lipinski definition) is 2. The van der Waals surface area contributed by atoms with Crippen molar-refractivity contribution in [3.05, 3.63) is 58.1 Å². The Morgan fingerprint density at radius 2 is 2.03 bits per heavy atom. The van der Waals surface area contributed by atoms with Gasteiger partial charge in [0.15, 0.2) is 6.61 Å². The summed E-state index contributed by atoms with van der Waals surface area (Å²) in [5, 5.41) is 2.80. The van der Waals surface area contributed by atoms with E-state index in [0.717, 1.165) is 4.90 Å². The summed E-state index contributed by atoms with van der Waals surface area (Å²) < 4.78 is 15.1. The fourth-order valence-electron chi connectivity index (χ4n) is 2.61. The molecule has 1 aromatic heterocycles. The van der Waals surface area contributed by atoms with Gasteiger partial charge in [0.1, 0.15) is 17.2 Å². The number of nitrogens with zero attached hydrogens (tertiary/aromatic N) is 1. The number of nitrogens with one attached hydrogen (secondary N) is 1. The van der Waals surface area contributed by atoms with Crippen LogP contribution in [0.4, 0.5) is 4.79 Å². The first kappa shape index (κ1) is 20.9. The molecule has 0 radical (unpaired) electrons. The van der Waals surface area contributed by atoms with Crippen LogP contribution in [0.1, 0.15) is 21.9 Å². The van der Waals surface area contributed by atoms with E-state index in [-0.39, 0.29) is 36.1 Å². The minimum Gasteiger partial charge on any atom is -0.483 e. The second-order valence-electron chi connectivity index (χ2n) is 6.07. The van der Waals surface area contributed by atoms with Gasteiger partial charge in [-0.3, -0.25) is 14.5 Å². The number of esters is 1. The number of urea groups is 1. The first-order valence-electron chi connectivity index (χ1n) is 8.50. The third-order valence-electron chi connectivity index (χ3n) is 3.97. The van der Waals surface area contributed by atoms with E-state index in [1.54, 1.807) is 0 Å². The molecule has 1 fully saturated rings. The first-order valence-corrected chi connectivity index (χ1v) is 8.88. The third kappa shape index (κ3) is 4.61. The Morgan fingerprint density at radius 3 is 2.73 bits per heavy atom. The summed E-state index contributed by atoms with van der Waals surface area (Å²) in [6.45, 7) is -0.565. The maximum atomic E-state index is 12.7. The van der Waals surface area contributed by atoms with E-state index < -0.39 is 23.8 Å². The number of carbonyl (C=O) groups excluding carboxylic acids is 4. The molecule has 0 unspecified atom stereocenters. The third-order valence-corrected chi connectivity index (χ3v) is 4.20. The molecule has 0 aliphatic carbocycles. The van der Waals surface area contributed by atoms with Crippen molar-refractivity contribution in [1.82, 2.24) is 10.2 Å². The Hall–Kier alpha value is -3.79. The largest absolute Gasteiger partial charge is 0.483 e. The number of methoxy groups -OCH3 is 1. The van der Waals surface area contributed by atoms with Gasteiger partial charge in [0, 0.05) is 10.6 Å². The van der Waals surface area contributed by atoms with Crippen LogP contribution in [-0.4, -0.2) is 42.4 Å². The number of nitrogens with two attached hydrogens (primary N) is 1. The van der Waals surface area contributed by atoms with Crippen molar-refractivity contribution in [2.75, 3.05) is 13.7 Å². The summed E-state index contributed by atoms with van der Waals surface area (Å²) in [6, 6.07) is 6.71. The maximum Gasteiger partial charge on any atom is 0.373 e. The Labute approximate surface area is 175 Å². The summed E-state index contributed by atoms with van der Waals surface area (Å²) in [5.41, 5.74) is 5.41. The van der Waals surface area contributed by atoms with Crippen LogP contribution in [0.3, 0.4) is 0 Å². The molecule has 1 aromatic carbocycles. The van der Waals surface area contributed by atoms with Gasteiger partial charge in [0.05, 0.1) is 13.7 Å². The number of benzene rings is 1. The zero-order valence-electron chi connectivity index (χ0n) is 15.6. The molecule has 0 atom stereocenters. The first-order chi connectivity index (χ1) is 14.3. The van der Waals surface area contributed by atoms with Crippen LogP contribution in [0.2, 0.25) is 5.02 Å². The molecule has 30 heavy (non-hydrogen) atoms. The zero-order chi connectivity index (χ0) is 21.8. The van der Waals surface area contributed by atoms with Gasteiger partial charge in [-0.25, -0.2) is 9.59 Å². The van der Waals surface area contributed by atoms with Gasteiger partial charge >= 0.3 is 12.0 Å². The van der Waals surface area contributed by atoms with Crippen molar-refractivity contribution < 1.29 is 33.1 Å². The smallest absolute Gasteiger partial charge is 0.373 e. The molecule has 0 bridgehead atoms. The minimum atomic E-state index is -0.677. The summed E-state index contributed by atoms with van der Waals surface area (Å²) >= 11 is 6.00. The van der Waals surface area contributed by atoms with E-state index in [2.05, 4.69) is 10.1 Å². The van der Waals surface area contributed by atoms with E-state index in [9.17, 15) is 19.2 Å². The number of amides is 4. The fourth-order valence-corrected chi connectivity index (χ4v) is 2.79. The van der Waals surface area contributed by atoms with E-state index in [1.165, 1.54) is 43.5 Å². The highest BCUT2D eigenvalue weighted by atomic mass is 35.5. The number of hydrogen-bond acceptors (Lipinski definition) is 7. The van der Waals surface area contributed by atoms with Crippen molar-refractivity contribution >= 4 is 41.5 Å². The Morgan fingerprint density at radius 1 is 1.27 bits per heavy atom. The van der Waals surface area contributed by atoms with Gasteiger partial charge in [-0.05, 0) is 36.4 Å². The number of halogens is 1. The van der Waals surface area contributed by atoms with Gasteiger partial charge in [0.25, 0.3) is 11.8 Å². The highest BCUT2D eigenvalue weighted by molar-refractivity contribution is 6.30. The number of ether oxygens (including phenoxy) is 2. The molecule has 4 amide bonds. The minimum absolute atomic E-state index is 0.0362. The van der Waals surface area contributed by atoms with Crippen molar-refractivity contribution in [3.8, 4) is 5.75 Å². The normalized spacial score (nSPS) is 14.7. The Balaban J connectivity index is 1.81. The average molecular weight is 434 g/mol. The predicted octanol–water partition coefficient (Wildman–Crippen LogP) is 1.68. The molecular weight excluding hydrogens is 418 g/mol. The summed E-state index contributed by atoms with van der Waals surface area (Å²) in [7, 11) is 1.20. The van der Waals surface area contributed by atoms with Crippen LogP contribution in [0.25, 0.3) is 6.08 Å². The zero-order valence-corrected chi connectivity index (χ0v) is 16.4. The predicted molar refractivity (Wildman–Crippen MR) is 103 cm³/mol. The standard InChI is InChI=1S/C19H16ClN3O7/c1-28-18(26)15-5-3-12(30-15)8-23-17(25)13(22-19(23)27)7-10-6-11(20)2-4-14(10)29-9-16(21)24/h2-7H,8-9H2,1H3,(H2,21,24)(H,22,27). The molecule has 1 aliphatic rings. The van der Waals surface area contributed by atoms with Crippen LogP contribution in [-0.2, 0) is 20.9 Å². The van der Waals surface area contributed by atoms with Crippen molar-refractivity contribution in [2.45, 2.75) is 6.54 Å². The quantitative estimate of drug-likeness (QED) is 0.384. The van der Waals surface area contributed by atoms with Gasteiger partial charge in [0.2, 0.25) is 5.76 Å². The molecule has 2 aromatic rings. The molecule has 156 valence electrons. The second-order valence-corrected chi connectivity index (χ2v) is 6.51. The molecular formula is C19H16ClN3O7. The van der Waals surface area contributed by atoms with Crippen LogP contribution < -0.4 is 15.8 Å². The van der Waals surface area contributed by atoms with Crippen molar-refractivity contribution in [1.29, 1.82) is 0 Å². The monoisotopic (exact) mass is 433 g/mol. The Kier molecular flexibility index (Phi) is 6.07.